The molecule has 5 nitrogen and oxygen atoms in total. The predicted octanol–water partition coefficient (Wildman–Crippen LogP) is 4.31. The lowest BCUT2D eigenvalue weighted by Crippen LogP contribution is -2.28. The molecule has 1 fully saturated rings. The van der Waals surface area contributed by atoms with E-state index in [4.69, 9.17) is 15.9 Å². The molecule has 1 aliphatic heterocycles. The van der Waals surface area contributed by atoms with Gasteiger partial charge >= 0.3 is 0 Å². The van der Waals surface area contributed by atoms with Gasteiger partial charge < -0.3 is 9.47 Å². The molecule has 0 atom stereocenters. The second-order valence-corrected chi connectivity index (χ2v) is 6.69. The maximum Gasteiger partial charge on any atom is 0.294 e. The fourth-order valence-corrected chi connectivity index (χ4v) is 3.67. The normalized spacial score (nSPS) is 15.4. The fraction of sp³-hybridized carbons (Fsp3) is 0.238. The van der Waals surface area contributed by atoms with Crippen LogP contribution in [0.15, 0.2) is 35.2 Å². The highest BCUT2D eigenvalue weighted by Crippen LogP contribution is 2.37. The molecule has 0 bridgehead atoms. The Labute approximate surface area is 162 Å². The average Bonchev–Trinajstić information content (AvgIpc) is 2.92. The number of imide groups is 1. The standard InChI is InChI=1S/C21H19NO4S/c1-4-11-22-20(23)19(27-21(22)24)13-17-16-12-15(25-5-2)9-7-14(16)8-10-18(17)26-6-3/h1,7-10,12-13H,5-6,11H2,2-3H3/b19-13+. The number of hydrogen-bond donors (Lipinski definition) is 0. The van der Waals surface area contributed by atoms with Crippen molar-refractivity contribution in [1.82, 2.24) is 4.90 Å². The molecule has 3 rings (SSSR count). The topological polar surface area (TPSA) is 55.8 Å². The molecule has 0 unspecified atom stereocenters. The van der Waals surface area contributed by atoms with E-state index < -0.39 is 0 Å². The molecule has 6 heteroatoms. The summed E-state index contributed by atoms with van der Waals surface area (Å²) in [4.78, 5) is 26.0. The van der Waals surface area contributed by atoms with Crippen LogP contribution >= 0.6 is 11.8 Å². The van der Waals surface area contributed by atoms with Gasteiger partial charge in [-0.1, -0.05) is 18.1 Å². The molecule has 1 aliphatic rings. The van der Waals surface area contributed by atoms with Gasteiger partial charge in [-0.3, -0.25) is 14.5 Å². The average molecular weight is 381 g/mol. The predicted molar refractivity (Wildman–Crippen MR) is 108 cm³/mol. The van der Waals surface area contributed by atoms with Crippen molar-refractivity contribution >= 4 is 39.8 Å². The first kappa shape index (κ1) is 18.9. The third-order valence-corrected chi connectivity index (χ3v) is 4.91. The summed E-state index contributed by atoms with van der Waals surface area (Å²) in [6, 6.07) is 9.59. The maximum atomic E-state index is 12.5. The Balaban J connectivity index is 2.15. The van der Waals surface area contributed by atoms with Crippen LogP contribution in [0.3, 0.4) is 0 Å². The van der Waals surface area contributed by atoms with Crippen molar-refractivity contribution in [3.05, 3.63) is 40.8 Å². The third kappa shape index (κ3) is 3.79. The van der Waals surface area contributed by atoms with E-state index in [-0.39, 0.29) is 17.7 Å². The molecule has 2 aromatic rings. The molecule has 0 N–H and O–H groups in total. The van der Waals surface area contributed by atoms with E-state index in [1.54, 1.807) is 6.08 Å². The molecule has 138 valence electrons. The number of ether oxygens (including phenoxy) is 2. The zero-order chi connectivity index (χ0) is 19.4. The van der Waals surface area contributed by atoms with Crippen molar-refractivity contribution in [2.24, 2.45) is 0 Å². The first-order valence-corrected chi connectivity index (χ1v) is 9.41. The van der Waals surface area contributed by atoms with E-state index >= 15 is 0 Å². The van der Waals surface area contributed by atoms with E-state index in [1.807, 2.05) is 44.2 Å². The number of carbonyl (C=O) groups is 2. The molecular weight excluding hydrogens is 362 g/mol. The lowest BCUT2D eigenvalue weighted by atomic mass is 10.0. The molecule has 0 spiro atoms. The van der Waals surface area contributed by atoms with Gasteiger partial charge in [-0.05, 0) is 60.7 Å². The Bertz CT molecular complexity index is 969. The Morgan fingerprint density at radius 2 is 1.89 bits per heavy atom. The SMILES string of the molecule is C#CCN1C(=O)S/C(=C/c2c(OCC)ccc3ccc(OCC)cc23)C1=O. The van der Waals surface area contributed by atoms with Crippen molar-refractivity contribution < 1.29 is 19.1 Å². The van der Waals surface area contributed by atoms with Crippen LogP contribution in [0.5, 0.6) is 11.5 Å². The lowest BCUT2D eigenvalue weighted by molar-refractivity contribution is -0.122. The zero-order valence-electron chi connectivity index (χ0n) is 15.2. The Hall–Kier alpha value is -2.91. The minimum atomic E-state index is -0.386. The van der Waals surface area contributed by atoms with Crippen molar-refractivity contribution in [1.29, 1.82) is 0 Å². The Kier molecular flexibility index (Phi) is 5.72. The summed E-state index contributed by atoms with van der Waals surface area (Å²) in [5.74, 6) is 3.33. The molecule has 2 aromatic carbocycles. The van der Waals surface area contributed by atoms with Crippen LogP contribution in [0.4, 0.5) is 4.79 Å². The van der Waals surface area contributed by atoms with Crippen molar-refractivity contribution in [3.63, 3.8) is 0 Å². The van der Waals surface area contributed by atoms with Crippen LogP contribution in [-0.4, -0.2) is 35.8 Å². The number of thioether (sulfide) groups is 1. The highest BCUT2D eigenvalue weighted by Gasteiger charge is 2.34. The second kappa shape index (κ2) is 8.19. The molecule has 0 saturated carbocycles. The second-order valence-electron chi connectivity index (χ2n) is 5.70. The third-order valence-electron chi connectivity index (χ3n) is 4.00. The number of fused-ring (bicyclic) bond motifs is 1. The minimum absolute atomic E-state index is 0.0374. The number of amides is 2. The van der Waals surface area contributed by atoms with E-state index in [1.165, 1.54) is 0 Å². The molecule has 0 aromatic heterocycles. The first-order valence-electron chi connectivity index (χ1n) is 8.60. The summed E-state index contributed by atoms with van der Waals surface area (Å²) in [5.41, 5.74) is 0.738. The summed E-state index contributed by atoms with van der Waals surface area (Å²) < 4.78 is 11.4. The number of carbonyl (C=O) groups excluding carboxylic acids is 2. The number of nitrogens with zero attached hydrogens (tertiary/aromatic N) is 1. The summed E-state index contributed by atoms with van der Waals surface area (Å²) in [5, 5.41) is 1.50. The molecule has 1 saturated heterocycles. The molecule has 0 radical (unpaired) electrons. The minimum Gasteiger partial charge on any atom is -0.494 e. The Morgan fingerprint density at radius 1 is 1.15 bits per heavy atom. The number of benzene rings is 2. The van der Waals surface area contributed by atoms with Crippen LogP contribution in [0.1, 0.15) is 19.4 Å². The van der Waals surface area contributed by atoms with Crippen molar-refractivity contribution in [3.8, 4) is 23.8 Å². The maximum absolute atomic E-state index is 12.5. The highest BCUT2D eigenvalue weighted by molar-refractivity contribution is 8.18. The largest absolute Gasteiger partial charge is 0.494 e. The zero-order valence-corrected chi connectivity index (χ0v) is 16.0. The summed E-state index contributed by atoms with van der Waals surface area (Å²) in [7, 11) is 0. The highest BCUT2D eigenvalue weighted by atomic mass is 32.2. The number of hydrogen-bond acceptors (Lipinski definition) is 5. The van der Waals surface area contributed by atoms with Gasteiger partial charge in [0.2, 0.25) is 0 Å². The molecular formula is C21H19NO4S. The van der Waals surface area contributed by atoms with Crippen LogP contribution in [0, 0.1) is 12.3 Å². The van der Waals surface area contributed by atoms with Crippen LogP contribution in [-0.2, 0) is 4.79 Å². The van der Waals surface area contributed by atoms with Gasteiger partial charge in [-0.15, -0.1) is 6.42 Å². The van der Waals surface area contributed by atoms with Gasteiger partial charge in [0.25, 0.3) is 11.1 Å². The van der Waals surface area contributed by atoms with Crippen molar-refractivity contribution in [2.75, 3.05) is 19.8 Å². The molecule has 27 heavy (non-hydrogen) atoms. The van der Waals surface area contributed by atoms with Crippen LogP contribution in [0.25, 0.3) is 16.8 Å². The number of terminal acetylenes is 1. The smallest absolute Gasteiger partial charge is 0.294 e. The van der Waals surface area contributed by atoms with Crippen LogP contribution in [0.2, 0.25) is 0 Å². The molecule has 0 aliphatic carbocycles. The lowest BCUT2D eigenvalue weighted by Gasteiger charge is -2.13. The van der Waals surface area contributed by atoms with Gasteiger partial charge in [0.1, 0.15) is 11.5 Å². The summed E-state index contributed by atoms with van der Waals surface area (Å²) >= 11 is 0.883. The quantitative estimate of drug-likeness (QED) is 0.551. The van der Waals surface area contributed by atoms with Crippen LogP contribution < -0.4 is 9.47 Å². The monoisotopic (exact) mass is 381 g/mol. The van der Waals surface area contributed by atoms with E-state index in [2.05, 4.69) is 5.92 Å². The Morgan fingerprint density at radius 3 is 2.59 bits per heavy atom. The summed E-state index contributed by atoms with van der Waals surface area (Å²) in [6.45, 7) is 4.81. The van der Waals surface area contributed by atoms with Gasteiger partial charge in [0.15, 0.2) is 0 Å². The molecule has 2 amide bonds. The van der Waals surface area contributed by atoms with Gasteiger partial charge in [-0.25, -0.2) is 0 Å². The van der Waals surface area contributed by atoms with Crippen molar-refractivity contribution in [2.45, 2.75) is 13.8 Å². The fourth-order valence-electron chi connectivity index (χ4n) is 2.85. The number of rotatable bonds is 6. The van der Waals surface area contributed by atoms with E-state index in [0.717, 1.165) is 38.7 Å². The molecule has 1 heterocycles. The van der Waals surface area contributed by atoms with Gasteiger partial charge in [0, 0.05) is 5.56 Å². The van der Waals surface area contributed by atoms with E-state index in [0.29, 0.717) is 23.9 Å². The summed E-state index contributed by atoms with van der Waals surface area (Å²) in [6.07, 6.45) is 6.95. The van der Waals surface area contributed by atoms with E-state index in [9.17, 15) is 9.59 Å². The van der Waals surface area contributed by atoms with Gasteiger partial charge in [-0.2, -0.15) is 0 Å². The van der Waals surface area contributed by atoms with Gasteiger partial charge in [0.05, 0.1) is 24.7 Å². The first-order chi connectivity index (χ1) is 13.1.